The molecular formula is C16H23NO3. The van der Waals surface area contributed by atoms with Gasteiger partial charge in [0.05, 0.1) is 12.0 Å². The summed E-state index contributed by atoms with van der Waals surface area (Å²) in [4.78, 5) is 13.8. The number of aromatic hydroxyl groups is 1. The SMILES string of the molecule is CN(Cc1ccc(O)cc1)C(=O)CC1(O)CCCCC1. The van der Waals surface area contributed by atoms with Crippen LogP contribution in [0.5, 0.6) is 5.75 Å². The van der Waals surface area contributed by atoms with Gasteiger partial charge in [0.15, 0.2) is 0 Å². The molecule has 110 valence electrons. The molecule has 0 aliphatic heterocycles. The van der Waals surface area contributed by atoms with Gasteiger partial charge in [0, 0.05) is 13.6 Å². The first kappa shape index (κ1) is 14.9. The van der Waals surface area contributed by atoms with Crippen molar-refractivity contribution in [3.8, 4) is 5.75 Å². The van der Waals surface area contributed by atoms with Crippen molar-refractivity contribution in [2.45, 2.75) is 50.7 Å². The molecule has 1 fully saturated rings. The third kappa shape index (κ3) is 3.97. The molecular weight excluding hydrogens is 254 g/mol. The van der Waals surface area contributed by atoms with Crippen LogP contribution in [0, 0.1) is 0 Å². The fourth-order valence-electron chi connectivity index (χ4n) is 2.77. The van der Waals surface area contributed by atoms with E-state index < -0.39 is 5.60 Å². The average molecular weight is 277 g/mol. The van der Waals surface area contributed by atoms with Crippen LogP contribution in [-0.4, -0.2) is 33.7 Å². The number of aliphatic hydroxyl groups is 1. The highest BCUT2D eigenvalue weighted by atomic mass is 16.3. The largest absolute Gasteiger partial charge is 0.508 e. The smallest absolute Gasteiger partial charge is 0.225 e. The van der Waals surface area contributed by atoms with Gasteiger partial charge in [0.25, 0.3) is 0 Å². The fraction of sp³-hybridized carbons (Fsp3) is 0.562. The highest BCUT2D eigenvalue weighted by Crippen LogP contribution is 2.31. The molecule has 0 aromatic heterocycles. The van der Waals surface area contributed by atoms with Crippen molar-refractivity contribution < 1.29 is 15.0 Å². The summed E-state index contributed by atoms with van der Waals surface area (Å²) in [6.45, 7) is 0.495. The second kappa shape index (κ2) is 6.27. The Morgan fingerprint density at radius 3 is 2.40 bits per heavy atom. The van der Waals surface area contributed by atoms with Crippen LogP contribution in [0.1, 0.15) is 44.1 Å². The summed E-state index contributed by atoms with van der Waals surface area (Å²) in [7, 11) is 1.75. The minimum atomic E-state index is -0.807. The number of rotatable bonds is 4. The first-order valence-corrected chi connectivity index (χ1v) is 7.23. The quantitative estimate of drug-likeness (QED) is 0.888. The number of amides is 1. The average Bonchev–Trinajstić information content (AvgIpc) is 2.41. The monoisotopic (exact) mass is 277 g/mol. The van der Waals surface area contributed by atoms with Gasteiger partial charge in [-0.15, -0.1) is 0 Å². The Bertz CT molecular complexity index is 449. The Morgan fingerprint density at radius 2 is 1.80 bits per heavy atom. The molecule has 2 N–H and O–H groups in total. The molecule has 1 aromatic rings. The number of phenolic OH excluding ortho intramolecular Hbond substituents is 1. The van der Waals surface area contributed by atoms with Gasteiger partial charge in [-0.2, -0.15) is 0 Å². The van der Waals surface area contributed by atoms with Gasteiger partial charge < -0.3 is 15.1 Å². The third-order valence-corrected chi connectivity index (χ3v) is 4.05. The van der Waals surface area contributed by atoms with Crippen molar-refractivity contribution in [3.63, 3.8) is 0 Å². The maximum Gasteiger partial charge on any atom is 0.225 e. The van der Waals surface area contributed by atoms with E-state index in [1.54, 1.807) is 36.2 Å². The lowest BCUT2D eigenvalue weighted by molar-refractivity contribution is -0.137. The maximum atomic E-state index is 12.2. The Kier molecular flexibility index (Phi) is 4.65. The van der Waals surface area contributed by atoms with Crippen molar-refractivity contribution in [1.29, 1.82) is 0 Å². The molecule has 20 heavy (non-hydrogen) atoms. The predicted molar refractivity (Wildman–Crippen MR) is 77.2 cm³/mol. The van der Waals surface area contributed by atoms with Gasteiger partial charge in [-0.05, 0) is 30.5 Å². The molecule has 1 aliphatic carbocycles. The molecule has 0 heterocycles. The van der Waals surface area contributed by atoms with Crippen LogP contribution in [0.25, 0.3) is 0 Å². The topological polar surface area (TPSA) is 60.8 Å². The second-order valence-electron chi connectivity index (χ2n) is 5.88. The lowest BCUT2D eigenvalue weighted by Crippen LogP contribution is -2.39. The van der Waals surface area contributed by atoms with Gasteiger partial charge >= 0.3 is 0 Å². The number of nitrogens with zero attached hydrogens (tertiary/aromatic N) is 1. The van der Waals surface area contributed by atoms with E-state index in [1.165, 1.54) is 0 Å². The molecule has 0 unspecified atom stereocenters. The van der Waals surface area contributed by atoms with Gasteiger partial charge in [0.2, 0.25) is 5.91 Å². The maximum absolute atomic E-state index is 12.2. The Balaban J connectivity index is 1.89. The minimum Gasteiger partial charge on any atom is -0.508 e. The number of phenols is 1. The minimum absolute atomic E-state index is 0.0255. The zero-order valence-corrected chi connectivity index (χ0v) is 12.0. The summed E-state index contributed by atoms with van der Waals surface area (Å²) in [6.07, 6.45) is 4.83. The van der Waals surface area contributed by atoms with Crippen LogP contribution in [0.4, 0.5) is 0 Å². The van der Waals surface area contributed by atoms with E-state index in [1.807, 2.05) is 0 Å². The number of carbonyl (C=O) groups is 1. The van der Waals surface area contributed by atoms with Crippen LogP contribution in [-0.2, 0) is 11.3 Å². The molecule has 1 aromatic carbocycles. The highest BCUT2D eigenvalue weighted by Gasteiger charge is 2.32. The van der Waals surface area contributed by atoms with E-state index in [0.29, 0.717) is 6.54 Å². The number of benzene rings is 1. The second-order valence-corrected chi connectivity index (χ2v) is 5.88. The number of hydrogen-bond acceptors (Lipinski definition) is 3. The number of carbonyl (C=O) groups excluding carboxylic acids is 1. The van der Waals surface area contributed by atoms with E-state index in [9.17, 15) is 15.0 Å². The normalized spacial score (nSPS) is 17.7. The highest BCUT2D eigenvalue weighted by molar-refractivity contribution is 5.77. The van der Waals surface area contributed by atoms with E-state index in [2.05, 4.69) is 0 Å². The van der Waals surface area contributed by atoms with E-state index in [4.69, 9.17) is 0 Å². The summed E-state index contributed by atoms with van der Waals surface area (Å²) < 4.78 is 0. The van der Waals surface area contributed by atoms with Crippen LogP contribution < -0.4 is 0 Å². The fourth-order valence-corrected chi connectivity index (χ4v) is 2.77. The van der Waals surface area contributed by atoms with Crippen molar-refractivity contribution in [3.05, 3.63) is 29.8 Å². The molecule has 1 aliphatic rings. The van der Waals surface area contributed by atoms with Gasteiger partial charge in [-0.1, -0.05) is 31.4 Å². The third-order valence-electron chi connectivity index (χ3n) is 4.05. The Labute approximate surface area is 120 Å². The molecule has 0 radical (unpaired) electrons. The van der Waals surface area contributed by atoms with Crippen molar-refractivity contribution in [2.24, 2.45) is 0 Å². The zero-order valence-electron chi connectivity index (χ0n) is 12.0. The van der Waals surface area contributed by atoms with Crippen molar-refractivity contribution in [2.75, 3.05) is 7.05 Å². The van der Waals surface area contributed by atoms with Crippen LogP contribution in [0.3, 0.4) is 0 Å². The summed E-state index contributed by atoms with van der Waals surface area (Å²) in [5.41, 5.74) is 0.160. The first-order chi connectivity index (χ1) is 9.48. The summed E-state index contributed by atoms with van der Waals surface area (Å²) in [5.74, 6) is 0.196. The van der Waals surface area contributed by atoms with E-state index in [0.717, 1.165) is 37.7 Å². The molecule has 1 amide bonds. The molecule has 4 nitrogen and oxygen atoms in total. The molecule has 1 saturated carbocycles. The Morgan fingerprint density at radius 1 is 1.20 bits per heavy atom. The van der Waals surface area contributed by atoms with Gasteiger partial charge in [0.1, 0.15) is 5.75 Å². The van der Waals surface area contributed by atoms with Crippen molar-refractivity contribution in [1.82, 2.24) is 4.90 Å². The zero-order chi connectivity index (χ0) is 14.6. The lowest BCUT2D eigenvalue weighted by atomic mass is 9.82. The molecule has 4 heteroatoms. The molecule has 0 bridgehead atoms. The molecule has 0 spiro atoms. The summed E-state index contributed by atoms with van der Waals surface area (Å²) in [6, 6.07) is 6.83. The van der Waals surface area contributed by atoms with Gasteiger partial charge in [-0.3, -0.25) is 4.79 Å². The summed E-state index contributed by atoms with van der Waals surface area (Å²) >= 11 is 0. The lowest BCUT2D eigenvalue weighted by Gasteiger charge is -2.32. The standard InChI is InChI=1S/C16H23NO3/c1-17(12-13-5-7-14(18)8-6-13)15(19)11-16(20)9-3-2-4-10-16/h5-8,18,20H,2-4,9-12H2,1H3. The first-order valence-electron chi connectivity index (χ1n) is 7.23. The van der Waals surface area contributed by atoms with Crippen LogP contribution in [0.15, 0.2) is 24.3 Å². The number of hydrogen-bond donors (Lipinski definition) is 2. The van der Waals surface area contributed by atoms with Crippen LogP contribution >= 0.6 is 0 Å². The molecule has 2 rings (SSSR count). The predicted octanol–water partition coefficient (Wildman–Crippen LogP) is 2.44. The van der Waals surface area contributed by atoms with E-state index in [-0.39, 0.29) is 18.1 Å². The molecule has 0 atom stereocenters. The van der Waals surface area contributed by atoms with Crippen LogP contribution in [0.2, 0.25) is 0 Å². The van der Waals surface area contributed by atoms with E-state index >= 15 is 0 Å². The van der Waals surface area contributed by atoms with Crippen molar-refractivity contribution >= 4 is 5.91 Å². The summed E-state index contributed by atoms with van der Waals surface area (Å²) in [5, 5.41) is 19.6. The van der Waals surface area contributed by atoms with Gasteiger partial charge in [-0.25, -0.2) is 0 Å². The molecule has 0 saturated heterocycles. The Hall–Kier alpha value is -1.55.